The van der Waals surface area contributed by atoms with E-state index in [9.17, 15) is 10.1 Å². The zero-order valence-electron chi connectivity index (χ0n) is 7.93. The van der Waals surface area contributed by atoms with E-state index >= 15 is 0 Å². The van der Waals surface area contributed by atoms with Crippen molar-refractivity contribution in [3.63, 3.8) is 0 Å². The molecule has 1 atom stereocenters. The molecule has 0 aromatic carbocycles. The van der Waals surface area contributed by atoms with Gasteiger partial charge in [-0.25, -0.2) is 0 Å². The van der Waals surface area contributed by atoms with Crippen molar-refractivity contribution in [1.29, 1.82) is 0 Å². The van der Waals surface area contributed by atoms with Crippen LogP contribution in [0.25, 0.3) is 0 Å². The zero-order chi connectivity index (χ0) is 10.8. The van der Waals surface area contributed by atoms with Crippen LogP contribution in [0.15, 0.2) is 10.7 Å². The van der Waals surface area contributed by atoms with Crippen molar-refractivity contribution in [2.75, 3.05) is 6.61 Å². The van der Waals surface area contributed by atoms with E-state index in [4.69, 9.17) is 4.74 Å². The lowest BCUT2D eigenvalue weighted by molar-refractivity contribution is -0.390. The van der Waals surface area contributed by atoms with Gasteiger partial charge >= 0.3 is 5.82 Å². The Kier molecular flexibility index (Phi) is 3.01. The van der Waals surface area contributed by atoms with Crippen LogP contribution in [0.4, 0.5) is 5.82 Å². The van der Waals surface area contributed by atoms with Crippen molar-refractivity contribution in [3.8, 4) is 0 Å². The number of aromatic nitrogens is 2. The molecule has 1 fully saturated rings. The zero-order valence-corrected chi connectivity index (χ0v) is 9.51. The highest BCUT2D eigenvalue weighted by atomic mass is 79.9. The molecule has 0 unspecified atom stereocenters. The summed E-state index contributed by atoms with van der Waals surface area (Å²) < 4.78 is 7.37. The second-order valence-corrected chi connectivity index (χ2v) is 4.21. The van der Waals surface area contributed by atoms with E-state index in [0.717, 1.165) is 19.3 Å². The minimum Gasteiger partial charge on any atom is -0.358 e. The Morgan fingerprint density at radius 3 is 3.00 bits per heavy atom. The second-order valence-electron chi connectivity index (χ2n) is 3.36. The van der Waals surface area contributed by atoms with Gasteiger partial charge in [-0.15, -0.1) is 0 Å². The molecule has 0 aliphatic carbocycles. The minimum absolute atomic E-state index is 0.163. The maximum Gasteiger partial charge on any atom is 0.404 e. The van der Waals surface area contributed by atoms with Gasteiger partial charge in [-0.3, -0.25) is 0 Å². The molecule has 15 heavy (non-hydrogen) atoms. The maximum atomic E-state index is 10.6. The van der Waals surface area contributed by atoms with Gasteiger partial charge in [-0.2, -0.15) is 4.68 Å². The lowest BCUT2D eigenvalue weighted by Crippen LogP contribution is -2.18. The number of halogens is 1. The SMILES string of the molecule is O=[N+]([O-])c1nn([C@H]2CCCCO2)cc1Br. The molecule has 1 saturated heterocycles. The lowest BCUT2D eigenvalue weighted by Gasteiger charge is -2.20. The van der Waals surface area contributed by atoms with Gasteiger partial charge in [0.25, 0.3) is 0 Å². The molecule has 0 spiro atoms. The molecule has 82 valence electrons. The number of hydrogen-bond acceptors (Lipinski definition) is 4. The Morgan fingerprint density at radius 1 is 1.67 bits per heavy atom. The topological polar surface area (TPSA) is 70.2 Å². The standard InChI is InChI=1S/C8H10BrN3O3/c9-6-5-11(10-8(6)12(13)14)7-3-1-2-4-15-7/h5,7H,1-4H2/t7-/m1/s1. The highest BCUT2D eigenvalue weighted by Crippen LogP contribution is 2.28. The summed E-state index contributed by atoms with van der Waals surface area (Å²) in [6.45, 7) is 0.690. The molecule has 2 heterocycles. The molecule has 0 N–H and O–H groups in total. The minimum atomic E-state index is -0.511. The predicted octanol–water partition coefficient (Wildman–Crippen LogP) is 2.25. The summed E-state index contributed by atoms with van der Waals surface area (Å²) >= 11 is 3.10. The van der Waals surface area contributed by atoms with Gasteiger partial charge < -0.3 is 14.9 Å². The first kappa shape index (κ1) is 10.6. The summed E-state index contributed by atoms with van der Waals surface area (Å²) in [6.07, 6.45) is 4.39. The van der Waals surface area contributed by atoms with Crippen LogP contribution >= 0.6 is 15.9 Å². The van der Waals surface area contributed by atoms with E-state index in [1.807, 2.05) is 0 Å². The number of hydrogen-bond donors (Lipinski definition) is 0. The van der Waals surface area contributed by atoms with Crippen molar-refractivity contribution in [2.45, 2.75) is 25.5 Å². The van der Waals surface area contributed by atoms with Crippen LogP contribution in [-0.2, 0) is 4.74 Å². The molecular weight excluding hydrogens is 266 g/mol. The van der Waals surface area contributed by atoms with Crippen molar-refractivity contribution in [1.82, 2.24) is 9.78 Å². The van der Waals surface area contributed by atoms with Gasteiger partial charge in [0.05, 0.1) is 11.3 Å². The summed E-state index contributed by atoms with van der Waals surface area (Å²) in [6, 6.07) is 0. The van der Waals surface area contributed by atoms with Crippen molar-refractivity contribution in [2.24, 2.45) is 0 Å². The largest absolute Gasteiger partial charge is 0.404 e. The van der Waals surface area contributed by atoms with E-state index < -0.39 is 4.92 Å². The normalized spacial score (nSPS) is 21.5. The van der Waals surface area contributed by atoms with E-state index in [-0.39, 0.29) is 12.0 Å². The van der Waals surface area contributed by atoms with Crippen LogP contribution in [0.3, 0.4) is 0 Å². The smallest absolute Gasteiger partial charge is 0.358 e. The summed E-state index contributed by atoms with van der Waals surface area (Å²) in [4.78, 5) is 10.1. The number of nitro groups is 1. The van der Waals surface area contributed by atoms with Crippen molar-refractivity contribution in [3.05, 3.63) is 20.8 Å². The first-order valence-corrected chi connectivity index (χ1v) is 5.48. The highest BCUT2D eigenvalue weighted by Gasteiger charge is 2.25. The van der Waals surface area contributed by atoms with Gasteiger partial charge in [0, 0.05) is 6.61 Å². The molecule has 6 nitrogen and oxygen atoms in total. The lowest BCUT2D eigenvalue weighted by atomic mass is 10.2. The molecule has 1 aromatic rings. The monoisotopic (exact) mass is 275 g/mol. The van der Waals surface area contributed by atoms with Crippen LogP contribution < -0.4 is 0 Å². The molecule has 2 rings (SSSR count). The Morgan fingerprint density at radius 2 is 2.47 bits per heavy atom. The second kappa shape index (κ2) is 4.28. The fourth-order valence-corrected chi connectivity index (χ4v) is 2.00. The molecular formula is C8H10BrN3O3. The molecule has 1 aliphatic heterocycles. The van der Waals surface area contributed by atoms with Crippen molar-refractivity contribution >= 4 is 21.7 Å². The van der Waals surface area contributed by atoms with Crippen LogP contribution in [0.5, 0.6) is 0 Å². The first-order chi connectivity index (χ1) is 7.18. The average molecular weight is 276 g/mol. The summed E-state index contributed by atoms with van der Waals surface area (Å²) in [5.74, 6) is -0.163. The quantitative estimate of drug-likeness (QED) is 0.613. The van der Waals surface area contributed by atoms with Crippen LogP contribution in [0, 0.1) is 10.1 Å². The summed E-state index contributed by atoms with van der Waals surface area (Å²) in [5, 5.41) is 14.5. The Labute approximate surface area is 94.5 Å². The van der Waals surface area contributed by atoms with Crippen LogP contribution in [0.1, 0.15) is 25.5 Å². The van der Waals surface area contributed by atoms with Gasteiger partial charge in [-0.05, 0) is 40.1 Å². The van der Waals surface area contributed by atoms with Crippen LogP contribution in [-0.4, -0.2) is 21.3 Å². The first-order valence-electron chi connectivity index (χ1n) is 4.69. The summed E-state index contributed by atoms with van der Waals surface area (Å²) in [7, 11) is 0. The van der Waals surface area contributed by atoms with Crippen LogP contribution in [0.2, 0.25) is 0 Å². The average Bonchev–Trinajstić information content (AvgIpc) is 2.62. The van der Waals surface area contributed by atoms with E-state index in [0.29, 0.717) is 11.1 Å². The van der Waals surface area contributed by atoms with E-state index in [1.54, 1.807) is 6.20 Å². The Hall–Kier alpha value is -0.950. The van der Waals surface area contributed by atoms with E-state index in [1.165, 1.54) is 4.68 Å². The Balaban J connectivity index is 2.21. The van der Waals surface area contributed by atoms with E-state index in [2.05, 4.69) is 21.0 Å². The number of rotatable bonds is 2. The molecule has 0 radical (unpaired) electrons. The molecule has 0 bridgehead atoms. The highest BCUT2D eigenvalue weighted by molar-refractivity contribution is 9.10. The third kappa shape index (κ3) is 2.18. The predicted molar refractivity (Wildman–Crippen MR) is 55.4 cm³/mol. The third-order valence-electron chi connectivity index (χ3n) is 2.29. The molecule has 0 saturated carbocycles. The maximum absolute atomic E-state index is 10.6. The summed E-state index contributed by atoms with van der Waals surface area (Å²) in [5.41, 5.74) is 0. The van der Waals surface area contributed by atoms with Gasteiger partial charge in [0.2, 0.25) is 0 Å². The fraction of sp³-hybridized carbons (Fsp3) is 0.625. The van der Waals surface area contributed by atoms with Gasteiger partial charge in [0.1, 0.15) is 4.47 Å². The molecule has 1 aliphatic rings. The molecule has 0 amide bonds. The van der Waals surface area contributed by atoms with Gasteiger partial charge in [0.15, 0.2) is 6.23 Å². The number of nitrogens with zero attached hydrogens (tertiary/aromatic N) is 3. The molecule has 1 aromatic heterocycles. The van der Waals surface area contributed by atoms with Crippen molar-refractivity contribution < 1.29 is 9.66 Å². The fourth-order valence-electron chi connectivity index (χ4n) is 1.56. The van der Waals surface area contributed by atoms with Gasteiger partial charge in [-0.1, -0.05) is 0 Å². The third-order valence-corrected chi connectivity index (χ3v) is 2.85. The number of ether oxygens (including phenoxy) is 1. The Bertz CT molecular complexity index is 373. The molecule has 7 heteroatoms.